The van der Waals surface area contributed by atoms with Gasteiger partial charge < -0.3 is 5.32 Å². The lowest BCUT2D eigenvalue weighted by molar-refractivity contribution is -0.135. The van der Waals surface area contributed by atoms with E-state index in [0.29, 0.717) is 24.3 Å². The standard InChI is InChI=1S/C21H30N4O2/c26-19-6-5-18(20(27)23-19)15-1-3-16(4-2-15)25-11-17(12-25)24-10-8-21(14-24)7-9-22-13-21/h1-3,16-18,22H,4-14H2,(H,23,26,27). The van der Waals surface area contributed by atoms with Crippen molar-refractivity contribution in [3.05, 3.63) is 23.8 Å². The Labute approximate surface area is 161 Å². The van der Waals surface area contributed by atoms with E-state index in [1.165, 1.54) is 52.1 Å². The number of nitrogens with one attached hydrogen (secondary N) is 2. The zero-order valence-corrected chi connectivity index (χ0v) is 16.0. The first-order valence-electron chi connectivity index (χ1n) is 10.5. The van der Waals surface area contributed by atoms with Crippen LogP contribution < -0.4 is 10.6 Å². The van der Waals surface area contributed by atoms with Gasteiger partial charge in [0, 0.05) is 44.7 Å². The van der Waals surface area contributed by atoms with Crippen molar-refractivity contribution in [1.29, 1.82) is 0 Å². The number of allylic oxidation sites excluding steroid dienone is 1. The molecule has 27 heavy (non-hydrogen) atoms. The average molecular weight is 370 g/mol. The Morgan fingerprint density at radius 2 is 2.04 bits per heavy atom. The van der Waals surface area contributed by atoms with Crippen LogP contribution in [0, 0.1) is 11.3 Å². The number of carbonyl (C=O) groups excluding carboxylic acids is 2. The van der Waals surface area contributed by atoms with Gasteiger partial charge in [0.15, 0.2) is 0 Å². The maximum atomic E-state index is 12.1. The van der Waals surface area contributed by atoms with Gasteiger partial charge in [0.2, 0.25) is 11.8 Å². The van der Waals surface area contributed by atoms with Crippen LogP contribution >= 0.6 is 0 Å². The number of nitrogens with zero attached hydrogens (tertiary/aromatic N) is 2. The molecule has 6 nitrogen and oxygen atoms in total. The number of amides is 2. The molecule has 0 aromatic carbocycles. The Hall–Kier alpha value is -1.50. The maximum absolute atomic E-state index is 12.1. The normalized spacial score (nSPS) is 38.3. The van der Waals surface area contributed by atoms with Crippen LogP contribution in [0.1, 0.15) is 32.1 Å². The molecule has 0 saturated carbocycles. The molecule has 4 heterocycles. The van der Waals surface area contributed by atoms with Crippen molar-refractivity contribution < 1.29 is 9.59 Å². The van der Waals surface area contributed by atoms with Gasteiger partial charge in [-0.15, -0.1) is 0 Å². The van der Waals surface area contributed by atoms with Gasteiger partial charge in [-0.25, -0.2) is 0 Å². The fraction of sp³-hybridized carbons (Fsp3) is 0.714. The fourth-order valence-corrected chi connectivity index (χ4v) is 5.58. The minimum atomic E-state index is -0.148. The number of likely N-dealkylation sites (tertiary alicyclic amines) is 2. The van der Waals surface area contributed by atoms with Gasteiger partial charge in [-0.2, -0.15) is 0 Å². The van der Waals surface area contributed by atoms with Gasteiger partial charge >= 0.3 is 0 Å². The molecule has 5 rings (SSSR count). The summed E-state index contributed by atoms with van der Waals surface area (Å²) in [5, 5.41) is 6.02. The van der Waals surface area contributed by atoms with Gasteiger partial charge in [0.05, 0.1) is 5.92 Å². The van der Waals surface area contributed by atoms with E-state index in [0.717, 1.165) is 18.0 Å². The molecular formula is C21H30N4O2. The van der Waals surface area contributed by atoms with Crippen LogP contribution in [0.2, 0.25) is 0 Å². The van der Waals surface area contributed by atoms with Crippen molar-refractivity contribution in [1.82, 2.24) is 20.4 Å². The van der Waals surface area contributed by atoms with E-state index in [-0.39, 0.29) is 17.7 Å². The number of piperidine rings is 1. The summed E-state index contributed by atoms with van der Waals surface area (Å²) >= 11 is 0. The minimum absolute atomic E-state index is 0.131. The number of carbonyl (C=O) groups is 2. The molecule has 0 bridgehead atoms. The smallest absolute Gasteiger partial charge is 0.234 e. The summed E-state index contributed by atoms with van der Waals surface area (Å²) in [6.07, 6.45) is 11.4. The number of hydrogen-bond donors (Lipinski definition) is 2. The highest BCUT2D eigenvalue weighted by molar-refractivity contribution is 6.00. The fourth-order valence-electron chi connectivity index (χ4n) is 5.58. The summed E-state index contributed by atoms with van der Waals surface area (Å²) in [6, 6.07) is 1.18. The molecule has 146 valence electrons. The molecule has 4 fully saturated rings. The highest BCUT2D eigenvalue weighted by Gasteiger charge is 2.45. The lowest BCUT2D eigenvalue weighted by Crippen LogP contribution is -2.61. The van der Waals surface area contributed by atoms with Gasteiger partial charge in [0.1, 0.15) is 0 Å². The average Bonchev–Trinajstić information content (AvgIpc) is 3.25. The molecule has 1 spiro atoms. The molecule has 2 N–H and O–H groups in total. The molecule has 4 aliphatic heterocycles. The Morgan fingerprint density at radius 1 is 1.15 bits per heavy atom. The lowest BCUT2D eigenvalue weighted by Gasteiger charge is -2.48. The van der Waals surface area contributed by atoms with Crippen molar-refractivity contribution in [2.75, 3.05) is 39.3 Å². The van der Waals surface area contributed by atoms with Gasteiger partial charge in [-0.1, -0.05) is 18.2 Å². The van der Waals surface area contributed by atoms with Crippen LogP contribution in [0.25, 0.3) is 0 Å². The molecule has 2 amide bonds. The first-order chi connectivity index (χ1) is 13.1. The van der Waals surface area contributed by atoms with Crippen LogP contribution in [-0.2, 0) is 9.59 Å². The largest absolute Gasteiger partial charge is 0.316 e. The second-order valence-corrected chi connectivity index (χ2v) is 9.12. The van der Waals surface area contributed by atoms with E-state index in [9.17, 15) is 9.59 Å². The van der Waals surface area contributed by atoms with Gasteiger partial charge in [0.25, 0.3) is 0 Å². The first kappa shape index (κ1) is 17.6. The summed E-state index contributed by atoms with van der Waals surface area (Å²) in [5.74, 6) is -0.419. The third-order valence-electron chi connectivity index (χ3n) is 7.42. The zero-order chi connectivity index (χ0) is 18.4. The summed E-state index contributed by atoms with van der Waals surface area (Å²) in [5.41, 5.74) is 1.65. The summed E-state index contributed by atoms with van der Waals surface area (Å²) in [7, 11) is 0. The Morgan fingerprint density at radius 3 is 2.74 bits per heavy atom. The van der Waals surface area contributed by atoms with E-state index in [2.05, 4.69) is 38.7 Å². The predicted octanol–water partition coefficient (Wildman–Crippen LogP) is 0.664. The predicted molar refractivity (Wildman–Crippen MR) is 103 cm³/mol. The molecule has 0 aromatic heterocycles. The van der Waals surface area contributed by atoms with Crippen molar-refractivity contribution >= 4 is 11.8 Å². The lowest BCUT2D eigenvalue weighted by atomic mass is 9.85. The number of rotatable bonds is 3. The second kappa shape index (κ2) is 6.83. The van der Waals surface area contributed by atoms with E-state index in [4.69, 9.17) is 0 Å². The highest BCUT2D eigenvalue weighted by atomic mass is 16.2. The summed E-state index contributed by atoms with van der Waals surface area (Å²) in [4.78, 5) is 28.7. The maximum Gasteiger partial charge on any atom is 0.234 e. The molecular weight excluding hydrogens is 340 g/mol. The van der Waals surface area contributed by atoms with Crippen molar-refractivity contribution in [3.8, 4) is 0 Å². The molecule has 3 atom stereocenters. The van der Waals surface area contributed by atoms with Crippen molar-refractivity contribution in [2.45, 2.75) is 44.2 Å². The Balaban J connectivity index is 1.11. The van der Waals surface area contributed by atoms with E-state index >= 15 is 0 Å². The topological polar surface area (TPSA) is 64.7 Å². The number of hydrogen-bond acceptors (Lipinski definition) is 5. The first-order valence-corrected chi connectivity index (χ1v) is 10.5. The van der Waals surface area contributed by atoms with Gasteiger partial charge in [-0.3, -0.25) is 24.7 Å². The number of imide groups is 1. The van der Waals surface area contributed by atoms with Crippen LogP contribution in [0.4, 0.5) is 0 Å². The Kier molecular flexibility index (Phi) is 4.45. The Bertz CT molecular complexity index is 688. The monoisotopic (exact) mass is 370 g/mol. The molecule has 6 heteroatoms. The molecule has 4 saturated heterocycles. The summed E-state index contributed by atoms with van der Waals surface area (Å²) in [6.45, 7) is 7.28. The van der Waals surface area contributed by atoms with Crippen LogP contribution in [0.5, 0.6) is 0 Å². The van der Waals surface area contributed by atoms with E-state index in [1.54, 1.807) is 0 Å². The van der Waals surface area contributed by atoms with Gasteiger partial charge in [-0.05, 0) is 49.8 Å². The van der Waals surface area contributed by atoms with Crippen LogP contribution in [0.15, 0.2) is 23.8 Å². The molecule has 1 aliphatic carbocycles. The molecule has 3 unspecified atom stereocenters. The third kappa shape index (κ3) is 3.28. The van der Waals surface area contributed by atoms with Crippen molar-refractivity contribution in [3.63, 3.8) is 0 Å². The zero-order valence-electron chi connectivity index (χ0n) is 16.0. The summed E-state index contributed by atoms with van der Waals surface area (Å²) < 4.78 is 0. The second-order valence-electron chi connectivity index (χ2n) is 9.12. The quantitative estimate of drug-likeness (QED) is 0.715. The molecule has 5 aliphatic rings. The van der Waals surface area contributed by atoms with Crippen molar-refractivity contribution in [2.24, 2.45) is 11.3 Å². The van der Waals surface area contributed by atoms with E-state index < -0.39 is 0 Å². The third-order valence-corrected chi connectivity index (χ3v) is 7.42. The highest BCUT2D eigenvalue weighted by Crippen LogP contribution is 2.38. The SMILES string of the molecule is O=C1CCC(C2=CCC(N3CC(N4CCC5(CCNC5)C4)C3)C=C2)C(=O)N1. The molecule has 0 radical (unpaired) electrons. The van der Waals surface area contributed by atoms with E-state index in [1.807, 2.05) is 0 Å². The molecule has 0 aromatic rings. The van der Waals surface area contributed by atoms with Crippen LogP contribution in [0.3, 0.4) is 0 Å². The minimum Gasteiger partial charge on any atom is -0.316 e. The van der Waals surface area contributed by atoms with Crippen LogP contribution in [-0.4, -0.2) is 73.0 Å².